The molecule has 0 aliphatic heterocycles. The molecule has 0 saturated carbocycles. The number of aryl methyl sites for hydroxylation is 1. The summed E-state index contributed by atoms with van der Waals surface area (Å²) in [5.74, 6) is 1.86. The Balaban J connectivity index is 0.00000208. The molecule has 0 aliphatic carbocycles. The maximum atomic E-state index is 6.16. The van der Waals surface area contributed by atoms with E-state index in [1.54, 1.807) is 0 Å². The van der Waals surface area contributed by atoms with Gasteiger partial charge in [0, 0.05) is 12.0 Å². The second-order valence-corrected chi connectivity index (χ2v) is 6.21. The van der Waals surface area contributed by atoms with E-state index in [2.05, 4.69) is 29.5 Å². The first-order chi connectivity index (χ1) is 11.0. The number of pyridine rings is 1. The lowest BCUT2D eigenvalue weighted by molar-refractivity contribution is 0.0972. The topological polar surface area (TPSA) is 66.0 Å². The van der Waals surface area contributed by atoms with Crippen LogP contribution in [0.1, 0.15) is 32.6 Å². The van der Waals surface area contributed by atoms with Crippen LogP contribution in [-0.2, 0) is 4.74 Å². The smallest absolute Gasteiger partial charge is 0.152 e. The van der Waals surface area contributed by atoms with Gasteiger partial charge in [0.25, 0.3) is 0 Å². The number of nitrogens with two attached hydrogens (primary N) is 1. The van der Waals surface area contributed by atoms with Gasteiger partial charge < -0.3 is 15.0 Å². The van der Waals surface area contributed by atoms with Crippen LogP contribution in [0.25, 0.3) is 21.9 Å². The van der Waals surface area contributed by atoms with Crippen LogP contribution in [0.2, 0.25) is 0 Å². The van der Waals surface area contributed by atoms with E-state index in [0.717, 1.165) is 27.8 Å². The zero-order valence-electron chi connectivity index (χ0n) is 14.6. The minimum atomic E-state index is 0. The van der Waals surface area contributed by atoms with Crippen LogP contribution in [0.4, 0.5) is 5.82 Å². The van der Waals surface area contributed by atoms with Crippen LogP contribution in [0.3, 0.4) is 0 Å². The third kappa shape index (κ3) is 3.06. The van der Waals surface area contributed by atoms with Gasteiger partial charge in [-0.2, -0.15) is 0 Å². The summed E-state index contributed by atoms with van der Waals surface area (Å²) in [7, 11) is 0. The normalized spacial score (nSPS) is 12.7. The van der Waals surface area contributed by atoms with Crippen LogP contribution in [0, 0.1) is 12.8 Å². The fourth-order valence-corrected chi connectivity index (χ4v) is 3.14. The number of halogens is 1. The van der Waals surface area contributed by atoms with Crippen molar-refractivity contribution in [3.8, 4) is 0 Å². The molecule has 0 radical (unpaired) electrons. The summed E-state index contributed by atoms with van der Waals surface area (Å²) < 4.78 is 8.01. The highest BCUT2D eigenvalue weighted by molar-refractivity contribution is 6.06. The first-order valence-electron chi connectivity index (χ1n) is 8.15. The van der Waals surface area contributed by atoms with Gasteiger partial charge in [-0.1, -0.05) is 32.0 Å². The Labute approximate surface area is 148 Å². The van der Waals surface area contributed by atoms with Gasteiger partial charge in [0.1, 0.15) is 11.3 Å². The van der Waals surface area contributed by atoms with E-state index in [9.17, 15) is 0 Å². The van der Waals surface area contributed by atoms with Crippen molar-refractivity contribution in [1.82, 2.24) is 14.5 Å². The zero-order chi connectivity index (χ0) is 16.6. The number of anilines is 1. The van der Waals surface area contributed by atoms with Gasteiger partial charge >= 0.3 is 0 Å². The molecule has 0 aliphatic rings. The van der Waals surface area contributed by atoms with E-state index in [4.69, 9.17) is 15.5 Å². The largest absolute Gasteiger partial charge is 0.382 e. The van der Waals surface area contributed by atoms with Gasteiger partial charge in [-0.05, 0) is 25.8 Å². The average molecular weight is 349 g/mol. The maximum Gasteiger partial charge on any atom is 0.152 e. The number of benzene rings is 1. The van der Waals surface area contributed by atoms with E-state index >= 15 is 0 Å². The standard InChI is InChI=1S/C18H24N4O.ClH/c1-5-23-10-15(11(2)3)22-12(4)20-16-17(22)13-8-6-7-9-14(13)21-18(16)19;/h6-9,11,15H,5,10H2,1-4H3,(H2,19,21);1H/t15-;/m1./s1. The Morgan fingerprint density at radius 3 is 2.58 bits per heavy atom. The van der Waals surface area contributed by atoms with Crippen molar-refractivity contribution in [3.05, 3.63) is 30.1 Å². The molecule has 5 nitrogen and oxygen atoms in total. The average Bonchev–Trinajstić information content (AvgIpc) is 2.86. The molecule has 0 fully saturated rings. The number of aromatic nitrogens is 3. The fourth-order valence-electron chi connectivity index (χ4n) is 3.14. The molecular weight excluding hydrogens is 324 g/mol. The van der Waals surface area contributed by atoms with Crippen molar-refractivity contribution in [1.29, 1.82) is 0 Å². The lowest BCUT2D eigenvalue weighted by atomic mass is 10.0. The summed E-state index contributed by atoms with van der Waals surface area (Å²) in [5.41, 5.74) is 8.90. The van der Waals surface area contributed by atoms with Crippen LogP contribution < -0.4 is 5.73 Å². The predicted molar refractivity (Wildman–Crippen MR) is 102 cm³/mol. The molecule has 130 valence electrons. The number of hydrogen-bond acceptors (Lipinski definition) is 4. The lowest BCUT2D eigenvalue weighted by Gasteiger charge is -2.25. The maximum absolute atomic E-state index is 6.16. The van der Waals surface area contributed by atoms with Crippen molar-refractivity contribution in [2.24, 2.45) is 5.92 Å². The number of nitrogen functional groups attached to an aromatic ring is 1. The van der Waals surface area contributed by atoms with Gasteiger partial charge in [-0.3, -0.25) is 0 Å². The second kappa shape index (κ2) is 7.36. The molecule has 0 spiro atoms. The third-order valence-electron chi connectivity index (χ3n) is 4.32. The van der Waals surface area contributed by atoms with Gasteiger partial charge in [0.05, 0.1) is 23.7 Å². The molecule has 0 saturated heterocycles. The van der Waals surface area contributed by atoms with Gasteiger partial charge in [0.15, 0.2) is 5.82 Å². The van der Waals surface area contributed by atoms with E-state index in [1.165, 1.54) is 0 Å². The van der Waals surface area contributed by atoms with Gasteiger partial charge in [0.2, 0.25) is 0 Å². The number of rotatable bonds is 5. The van der Waals surface area contributed by atoms with Crippen LogP contribution >= 0.6 is 12.4 Å². The SMILES string of the molecule is CCOC[C@H](C(C)C)n1c(C)nc2c(N)nc3ccccc3c21.Cl. The number of para-hydroxylation sites is 1. The Morgan fingerprint density at radius 2 is 1.92 bits per heavy atom. The second-order valence-electron chi connectivity index (χ2n) is 6.21. The molecule has 6 heteroatoms. The summed E-state index contributed by atoms with van der Waals surface area (Å²) in [4.78, 5) is 9.19. The minimum absolute atomic E-state index is 0. The molecule has 2 aromatic heterocycles. The van der Waals surface area contributed by atoms with Crippen LogP contribution in [0.15, 0.2) is 24.3 Å². The van der Waals surface area contributed by atoms with E-state index in [0.29, 0.717) is 24.9 Å². The predicted octanol–water partition coefficient (Wildman–Crippen LogP) is 4.13. The van der Waals surface area contributed by atoms with Crippen LogP contribution in [-0.4, -0.2) is 27.7 Å². The van der Waals surface area contributed by atoms with Crippen molar-refractivity contribution in [2.45, 2.75) is 33.7 Å². The van der Waals surface area contributed by atoms with Gasteiger partial charge in [-0.25, -0.2) is 9.97 Å². The van der Waals surface area contributed by atoms with E-state index < -0.39 is 0 Å². The molecular formula is C18H25ClN4O. The van der Waals surface area contributed by atoms with Crippen molar-refractivity contribution >= 4 is 40.2 Å². The van der Waals surface area contributed by atoms with Crippen molar-refractivity contribution in [3.63, 3.8) is 0 Å². The number of imidazole rings is 1. The summed E-state index contributed by atoms with van der Waals surface area (Å²) in [6.07, 6.45) is 0. The molecule has 0 unspecified atom stereocenters. The summed E-state index contributed by atoms with van der Waals surface area (Å²) >= 11 is 0. The van der Waals surface area contributed by atoms with E-state index in [1.807, 2.05) is 32.0 Å². The van der Waals surface area contributed by atoms with Crippen LogP contribution in [0.5, 0.6) is 0 Å². The molecule has 1 atom stereocenters. The fraction of sp³-hybridized carbons (Fsp3) is 0.444. The molecule has 2 heterocycles. The summed E-state index contributed by atoms with van der Waals surface area (Å²) in [5, 5.41) is 1.08. The summed E-state index contributed by atoms with van der Waals surface area (Å²) in [6, 6.07) is 8.29. The highest BCUT2D eigenvalue weighted by Gasteiger charge is 2.23. The Kier molecular flexibility index (Phi) is 5.67. The first kappa shape index (κ1) is 18.5. The number of nitrogens with zero attached hydrogens (tertiary/aromatic N) is 3. The Hall–Kier alpha value is -1.85. The highest BCUT2D eigenvalue weighted by atomic mass is 35.5. The molecule has 3 aromatic rings. The monoisotopic (exact) mass is 348 g/mol. The minimum Gasteiger partial charge on any atom is -0.382 e. The van der Waals surface area contributed by atoms with Crippen molar-refractivity contribution < 1.29 is 4.74 Å². The number of ether oxygens (including phenoxy) is 1. The molecule has 0 bridgehead atoms. The number of hydrogen-bond donors (Lipinski definition) is 1. The Bertz CT molecular complexity index is 844. The Morgan fingerprint density at radius 1 is 1.21 bits per heavy atom. The summed E-state index contributed by atoms with van der Waals surface area (Å²) in [6.45, 7) is 9.84. The highest BCUT2D eigenvalue weighted by Crippen LogP contribution is 2.33. The zero-order valence-corrected chi connectivity index (χ0v) is 15.4. The molecule has 24 heavy (non-hydrogen) atoms. The molecule has 0 amide bonds. The lowest BCUT2D eigenvalue weighted by Crippen LogP contribution is -2.22. The quantitative estimate of drug-likeness (QED) is 0.752. The van der Waals surface area contributed by atoms with E-state index in [-0.39, 0.29) is 18.4 Å². The molecule has 2 N–H and O–H groups in total. The van der Waals surface area contributed by atoms with Crippen molar-refractivity contribution in [2.75, 3.05) is 18.9 Å². The first-order valence-corrected chi connectivity index (χ1v) is 8.15. The molecule has 1 aromatic carbocycles. The number of fused-ring (bicyclic) bond motifs is 3. The third-order valence-corrected chi connectivity index (χ3v) is 4.32. The van der Waals surface area contributed by atoms with Gasteiger partial charge in [-0.15, -0.1) is 12.4 Å². The molecule has 3 rings (SSSR count).